The van der Waals surface area contributed by atoms with E-state index in [4.69, 9.17) is 0 Å². The number of aromatic nitrogens is 2. The number of carbonyl (C=O) groups excluding carboxylic acids is 1. The standard InChI is InChI=1S/C16H17N3O/c1-3-5-14(20)18-13-7-4-6-11-12-8-9-17-10(2)15(12)19-16(11)13/h4,6-9,19H,3,5H2,1-2H3,(H,18,20). The van der Waals surface area contributed by atoms with Crippen LogP contribution in [0.4, 0.5) is 5.69 Å². The SMILES string of the molecule is CCCC(=O)Nc1cccc2c1[nH]c1c(C)nccc12. The van der Waals surface area contributed by atoms with E-state index in [1.165, 1.54) is 0 Å². The molecule has 2 N–H and O–H groups in total. The van der Waals surface area contributed by atoms with Crippen LogP contribution < -0.4 is 5.32 Å². The van der Waals surface area contributed by atoms with E-state index in [1.807, 2.05) is 38.2 Å². The number of pyridine rings is 1. The largest absolute Gasteiger partial charge is 0.351 e. The second-order valence-corrected chi connectivity index (χ2v) is 4.97. The Morgan fingerprint density at radius 2 is 2.05 bits per heavy atom. The third-order valence-electron chi connectivity index (χ3n) is 3.50. The first-order valence-corrected chi connectivity index (χ1v) is 6.86. The first-order valence-electron chi connectivity index (χ1n) is 6.86. The molecule has 3 rings (SSSR count). The lowest BCUT2D eigenvalue weighted by molar-refractivity contribution is -0.116. The van der Waals surface area contributed by atoms with Gasteiger partial charge in [-0.1, -0.05) is 19.1 Å². The number of benzene rings is 1. The molecule has 4 heteroatoms. The van der Waals surface area contributed by atoms with Crippen molar-refractivity contribution in [2.45, 2.75) is 26.7 Å². The van der Waals surface area contributed by atoms with Crippen LogP contribution in [0.1, 0.15) is 25.5 Å². The number of aromatic amines is 1. The molecule has 0 radical (unpaired) electrons. The van der Waals surface area contributed by atoms with Gasteiger partial charge >= 0.3 is 0 Å². The Morgan fingerprint density at radius 3 is 2.85 bits per heavy atom. The predicted octanol–water partition coefficient (Wildman–Crippen LogP) is 3.76. The highest BCUT2D eigenvalue weighted by Gasteiger charge is 2.11. The minimum Gasteiger partial charge on any atom is -0.351 e. The van der Waals surface area contributed by atoms with Crippen molar-refractivity contribution in [1.29, 1.82) is 0 Å². The van der Waals surface area contributed by atoms with Gasteiger partial charge in [0.25, 0.3) is 0 Å². The van der Waals surface area contributed by atoms with Crippen molar-refractivity contribution in [3.8, 4) is 0 Å². The molecule has 0 atom stereocenters. The Labute approximate surface area is 117 Å². The lowest BCUT2D eigenvalue weighted by Gasteiger charge is -2.05. The number of nitrogens with zero attached hydrogens (tertiary/aromatic N) is 1. The molecule has 2 heterocycles. The number of aryl methyl sites for hydroxylation is 1. The number of rotatable bonds is 3. The van der Waals surface area contributed by atoms with Gasteiger partial charge in [0.1, 0.15) is 0 Å². The molecule has 0 bridgehead atoms. The lowest BCUT2D eigenvalue weighted by atomic mass is 10.1. The Morgan fingerprint density at radius 1 is 1.25 bits per heavy atom. The molecule has 0 fully saturated rings. The van der Waals surface area contributed by atoms with Crippen molar-refractivity contribution in [2.24, 2.45) is 0 Å². The summed E-state index contributed by atoms with van der Waals surface area (Å²) in [7, 11) is 0. The molecular formula is C16H17N3O. The van der Waals surface area contributed by atoms with Crippen LogP contribution in [0.25, 0.3) is 21.8 Å². The van der Waals surface area contributed by atoms with Gasteiger partial charge in [-0.3, -0.25) is 9.78 Å². The van der Waals surface area contributed by atoms with Gasteiger partial charge in [-0.05, 0) is 25.5 Å². The highest BCUT2D eigenvalue weighted by molar-refractivity contribution is 6.13. The van der Waals surface area contributed by atoms with Gasteiger partial charge in [0.05, 0.1) is 22.4 Å². The second-order valence-electron chi connectivity index (χ2n) is 4.97. The molecule has 0 aliphatic heterocycles. The summed E-state index contributed by atoms with van der Waals surface area (Å²) in [6.45, 7) is 3.98. The zero-order valence-electron chi connectivity index (χ0n) is 11.7. The first-order chi connectivity index (χ1) is 9.70. The third kappa shape index (κ3) is 2.03. The molecule has 0 aliphatic carbocycles. The zero-order valence-corrected chi connectivity index (χ0v) is 11.7. The van der Waals surface area contributed by atoms with E-state index in [-0.39, 0.29) is 5.91 Å². The van der Waals surface area contributed by atoms with Crippen LogP contribution in [-0.2, 0) is 4.79 Å². The van der Waals surface area contributed by atoms with Crippen LogP contribution in [0, 0.1) is 6.92 Å². The fourth-order valence-electron chi connectivity index (χ4n) is 2.53. The number of nitrogens with one attached hydrogen (secondary N) is 2. The number of hydrogen-bond donors (Lipinski definition) is 2. The van der Waals surface area contributed by atoms with Crippen molar-refractivity contribution in [3.63, 3.8) is 0 Å². The Bertz CT molecular complexity index is 789. The number of H-pyrrole nitrogens is 1. The summed E-state index contributed by atoms with van der Waals surface area (Å²) in [5, 5.41) is 5.22. The Kier molecular flexibility index (Phi) is 3.14. The van der Waals surface area contributed by atoms with Crippen molar-refractivity contribution in [2.75, 3.05) is 5.32 Å². The van der Waals surface area contributed by atoms with Crippen molar-refractivity contribution < 1.29 is 4.79 Å². The molecule has 0 spiro atoms. The van der Waals surface area contributed by atoms with Gasteiger partial charge in [0.2, 0.25) is 5.91 Å². The molecule has 20 heavy (non-hydrogen) atoms. The average molecular weight is 267 g/mol. The number of para-hydroxylation sites is 1. The molecule has 4 nitrogen and oxygen atoms in total. The summed E-state index contributed by atoms with van der Waals surface area (Å²) < 4.78 is 0. The van der Waals surface area contributed by atoms with Gasteiger partial charge in [0, 0.05) is 23.4 Å². The molecule has 1 aromatic carbocycles. The zero-order chi connectivity index (χ0) is 14.1. The fourth-order valence-corrected chi connectivity index (χ4v) is 2.53. The Hall–Kier alpha value is -2.36. The van der Waals surface area contributed by atoms with Gasteiger partial charge in [-0.2, -0.15) is 0 Å². The highest BCUT2D eigenvalue weighted by atomic mass is 16.1. The van der Waals surface area contributed by atoms with Crippen LogP contribution >= 0.6 is 0 Å². The maximum absolute atomic E-state index is 11.8. The molecule has 1 amide bonds. The van der Waals surface area contributed by atoms with Crippen LogP contribution in [-0.4, -0.2) is 15.9 Å². The summed E-state index contributed by atoms with van der Waals surface area (Å²) in [6.07, 6.45) is 3.20. The van der Waals surface area contributed by atoms with Crippen molar-refractivity contribution in [3.05, 3.63) is 36.2 Å². The molecule has 0 saturated heterocycles. The Balaban J connectivity index is 2.17. The predicted molar refractivity (Wildman–Crippen MR) is 81.9 cm³/mol. The number of amides is 1. The molecule has 0 saturated carbocycles. The summed E-state index contributed by atoms with van der Waals surface area (Å²) >= 11 is 0. The van der Waals surface area contributed by atoms with Crippen LogP contribution in [0.3, 0.4) is 0 Å². The van der Waals surface area contributed by atoms with E-state index in [0.717, 1.165) is 39.6 Å². The highest BCUT2D eigenvalue weighted by Crippen LogP contribution is 2.31. The smallest absolute Gasteiger partial charge is 0.224 e. The van der Waals surface area contributed by atoms with Crippen LogP contribution in [0.2, 0.25) is 0 Å². The van der Waals surface area contributed by atoms with Gasteiger partial charge < -0.3 is 10.3 Å². The van der Waals surface area contributed by atoms with Crippen LogP contribution in [0.5, 0.6) is 0 Å². The van der Waals surface area contributed by atoms with E-state index >= 15 is 0 Å². The summed E-state index contributed by atoms with van der Waals surface area (Å²) in [5.41, 5.74) is 3.78. The topological polar surface area (TPSA) is 57.8 Å². The number of hydrogen-bond acceptors (Lipinski definition) is 2. The van der Waals surface area contributed by atoms with Crippen LogP contribution in [0.15, 0.2) is 30.5 Å². The van der Waals surface area contributed by atoms with Crippen molar-refractivity contribution in [1.82, 2.24) is 9.97 Å². The normalized spacial score (nSPS) is 11.1. The van der Waals surface area contributed by atoms with E-state index in [0.29, 0.717) is 6.42 Å². The fraction of sp³-hybridized carbons (Fsp3) is 0.250. The molecular weight excluding hydrogens is 250 g/mol. The average Bonchev–Trinajstić information content (AvgIpc) is 2.81. The van der Waals surface area contributed by atoms with E-state index in [2.05, 4.69) is 21.4 Å². The minimum atomic E-state index is 0.0495. The van der Waals surface area contributed by atoms with Gasteiger partial charge in [-0.15, -0.1) is 0 Å². The van der Waals surface area contributed by atoms with Gasteiger partial charge in [0.15, 0.2) is 0 Å². The van der Waals surface area contributed by atoms with E-state index in [9.17, 15) is 4.79 Å². The minimum absolute atomic E-state index is 0.0495. The molecule has 3 aromatic rings. The number of carbonyl (C=O) groups is 1. The quantitative estimate of drug-likeness (QED) is 0.759. The second kappa shape index (κ2) is 4.96. The third-order valence-corrected chi connectivity index (χ3v) is 3.50. The lowest BCUT2D eigenvalue weighted by Crippen LogP contribution is -2.10. The summed E-state index contributed by atoms with van der Waals surface area (Å²) in [6, 6.07) is 7.95. The maximum Gasteiger partial charge on any atom is 0.224 e. The van der Waals surface area contributed by atoms with Crippen molar-refractivity contribution >= 4 is 33.4 Å². The summed E-state index contributed by atoms with van der Waals surface area (Å²) in [4.78, 5) is 19.5. The van der Waals surface area contributed by atoms with E-state index < -0.39 is 0 Å². The molecule has 102 valence electrons. The molecule has 0 aliphatic rings. The van der Waals surface area contributed by atoms with E-state index in [1.54, 1.807) is 0 Å². The maximum atomic E-state index is 11.8. The molecule has 0 unspecified atom stereocenters. The monoisotopic (exact) mass is 267 g/mol. The summed E-state index contributed by atoms with van der Waals surface area (Å²) in [5.74, 6) is 0.0495. The number of anilines is 1. The molecule has 2 aromatic heterocycles. The number of fused-ring (bicyclic) bond motifs is 3. The van der Waals surface area contributed by atoms with Gasteiger partial charge in [-0.25, -0.2) is 0 Å². The first kappa shape index (κ1) is 12.7.